The lowest BCUT2D eigenvalue weighted by Gasteiger charge is -2.12. The highest BCUT2D eigenvalue weighted by Gasteiger charge is 2.40. The van der Waals surface area contributed by atoms with E-state index in [0.717, 1.165) is 27.2 Å². The third-order valence-corrected chi connectivity index (χ3v) is 4.66. The number of aromatic amines is 1. The van der Waals surface area contributed by atoms with E-state index in [-0.39, 0.29) is 23.4 Å². The summed E-state index contributed by atoms with van der Waals surface area (Å²) in [6.07, 6.45) is 0.413. The lowest BCUT2D eigenvalue weighted by molar-refractivity contribution is -0.385. The summed E-state index contributed by atoms with van der Waals surface area (Å²) in [6.45, 7) is 0.132. The second-order valence-electron chi connectivity index (χ2n) is 6.22. The van der Waals surface area contributed by atoms with Gasteiger partial charge in [-0.2, -0.15) is 0 Å². The molecular formula is C19H15N3O5. The molecule has 1 aromatic heterocycles. The summed E-state index contributed by atoms with van der Waals surface area (Å²) in [7, 11) is 1.59. The van der Waals surface area contributed by atoms with Crippen LogP contribution in [0.5, 0.6) is 5.75 Å². The van der Waals surface area contributed by atoms with Gasteiger partial charge in [0.2, 0.25) is 0 Å². The van der Waals surface area contributed by atoms with Gasteiger partial charge in [-0.15, -0.1) is 0 Å². The van der Waals surface area contributed by atoms with Gasteiger partial charge in [-0.3, -0.25) is 24.6 Å². The Morgan fingerprint density at radius 3 is 2.70 bits per heavy atom. The number of imide groups is 1. The summed E-state index contributed by atoms with van der Waals surface area (Å²) in [6, 6.07) is 11.6. The van der Waals surface area contributed by atoms with E-state index >= 15 is 0 Å². The van der Waals surface area contributed by atoms with Gasteiger partial charge in [0, 0.05) is 35.6 Å². The van der Waals surface area contributed by atoms with Gasteiger partial charge in [0.15, 0.2) is 0 Å². The molecule has 8 heteroatoms. The maximum Gasteiger partial charge on any atom is 0.282 e. The SMILES string of the molecule is COc1ccc2[nH]c(CCN3C(=O)c4cccc([N+](=O)[O-])c4C3=O)cc2c1. The summed E-state index contributed by atoms with van der Waals surface area (Å²) in [5.74, 6) is -0.391. The van der Waals surface area contributed by atoms with Crippen molar-refractivity contribution in [3.63, 3.8) is 0 Å². The highest BCUT2D eigenvalue weighted by Crippen LogP contribution is 2.31. The van der Waals surface area contributed by atoms with E-state index in [9.17, 15) is 19.7 Å². The molecule has 0 spiro atoms. The van der Waals surface area contributed by atoms with Crippen molar-refractivity contribution in [3.05, 3.63) is 69.4 Å². The zero-order valence-corrected chi connectivity index (χ0v) is 14.4. The third kappa shape index (κ3) is 2.71. The number of amides is 2. The van der Waals surface area contributed by atoms with E-state index in [2.05, 4.69) is 4.98 Å². The van der Waals surface area contributed by atoms with Crippen molar-refractivity contribution in [2.24, 2.45) is 0 Å². The van der Waals surface area contributed by atoms with Gasteiger partial charge in [0.25, 0.3) is 17.5 Å². The fourth-order valence-electron chi connectivity index (χ4n) is 3.34. The summed E-state index contributed by atoms with van der Waals surface area (Å²) >= 11 is 0. The molecule has 0 saturated heterocycles. The Bertz CT molecular complexity index is 1100. The minimum atomic E-state index is -0.640. The summed E-state index contributed by atoms with van der Waals surface area (Å²) in [4.78, 5) is 39.9. The average molecular weight is 365 g/mol. The Labute approximate surface area is 153 Å². The smallest absolute Gasteiger partial charge is 0.282 e. The molecule has 0 atom stereocenters. The van der Waals surface area contributed by atoms with Crippen LogP contribution in [0, 0.1) is 10.1 Å². The van der Waals surface area contributed by atoms with Crippen LogP contribution in [0.2, 0.25) is 0 Å². The number of rotatable bonds is 5. The van der Waals surface area contributed by atoms with Gasteiger partial charge >= 0.3 is 0 Å². The molecule has 8 nitrogen and oxygen atoms in total. The molecule has 0 bridgehead atoms. The lowest BCUT2D eigenvalue weighted by Crippen LogP contribution is -2.31. The van der Waals surface area contributed by atoms with Crippen LogP contribution >= 0.6 is 0 Å². The number of H-pyrrole nitrogens is 1. The molecule has 1 N–H and O–H groups in total. The summed E-state index contributed by atoms with van der Waals surface area (Å²) in [5.41, 5.74) is 1.38. The largest absolute Gasteiger partial charge is 0.497 e. The van der Waals surface area contributed by atoms with Gasteiger partial charge in [0.05, 0.1) is 17.6 Å². The number of ether oxygens (including phenoxy) is 1. The Kier molecular flexibility index (Phi) is 3.88. The number of aromatic nitrogens is 1. The Hall–Kier alpha value is -3.68. The predicted octanol–water partition coefficient (Wildman–Crippen LogP) is 2.92. The van der Waals surface area contributed by atoms with Gasteiger partial charge in [-0.05, 0) is 30.3 Å². The van der Waals surface area contributed by atoms with Gasteiger partial charge in [0.1, 0.15) is 11.3 Å². The molecule has 0 radical (unpaired) electrons. The number of nitro groups is 1. The quantitative estimate of drug-likeness (QED) is 0.425. The molecule has 0 saturated carbocycles. The molecule has 27 heavy (non-hydrogen) atoms. The topological polar surface area (TPSA) is 106 Å². The van der Waals surface area contributed by atoms with E-state index in [1.165, 1.54) is 18.2 Å². The number of fused-ring (bicyclic) bond motifs is 2. The molecular weight excluding hydrogens is 350 g/mol. The molecule has 2 aromatic carbocycles. The van der Waals surface area contributed by atoms with E-state index in [1.807, 2.05) is 24.3 Å². The first-order chi connectivity index (χ1) is 13.0. The number of nitrogens with zero attached hydrogens (tertiary/aromatic N) is 2. The first-order valence-corrected chi connectivity index (χ1v) is 8.29. The number of benzene rings is 2. The normalized spacial score (nSPS) is 13.3. The fourth-order valence-corrected chi connectivity index (χ4v) is 3.34. The Balaban J connectivity index is 1.57. The second kappa shape index (κ2) is 6.24. The molecule has 1 aliphatic heterocycles. The van der Waals surface area contributed by atoms with Crippen molar-refractivity contribution in [2.75, 3.05) is 13.7 Å². The number of hydrogen-bond donors (Lipinski definition) is 1. The number of methoxy groups -OCH3 is 1. The van der Waals surface area contributed by atoms with Crippen molar-refractivity contribution in [1.82, 2.24) is 9.88 Å². The predicted molar refractivity (Wildman–Crippen MR) is 97.0 cm³/mol. The van der Waals surface area contributed by atoms with Crippen molar-refractivity contribution in [2.45, 2.75) is 6.42 Å². The maximum absolute atomic E-state index is 12.6. The first-order valence-electron chi connectivity index (χ1n) is 8.29. The molecule has 3 aromatic rings. The van der Waals surface area contributed by atoms with Crippen molar-refractivity contribution in [3.8, 4) is 5.75 Å². The number of carbonyl (C=O) groups is 2. The van der Waals surface area contributed by atoms with Gasteiger partial charge in [-0.25, -0.2) is 0 Å². The highest BCUT2D eigenvalue weighted by molar-refractivity contribution is 6.23. The van der Waals surface area contributed by atoms with Gasteiger partial charge < -0.3 is 9.72 Å². The number of nitro benzene ring substituents is 1. The Morgan fingerprint density at radius 2 is 1.96 bits per heavy atom. The second-order valence-corrected chi connectivity index (χ2v) is 6.22. The van der Waals surface area contributed by atoms with E-state index in [0.29, 0.717) is 6.42 Å². The van der Waals surface area contributed by atoms with Crippen molar-refractivity contribution in [1.29, 1.82) is 0 Å². The van der Waals surface area contributed by atoms with Gasteiger partial charge in [-0.1, -0.05) is 6.07 Å². The van der Waals surface area contributed by atoms with Crippen LogP contribution < -0.4 is 4.74 Å². The molecule has 4 rings (SSSR count). The molecule has 1 aliphatic rings. The highest BCUT2D eigenvalue weighted by atomic mass is 16.6. The number of nitrogens with one attached hydrogen (secondary N) is 1. The fraction of sp³-hybridized carbons (Fsp3) is 0.158. The standard InChI is InChI=1S/C19H15N3O5/c1-27-13-5-6-15-11(10-13)9-12(20-15)7-8-21-18(23)14-3-2-4-16(22(25)26)17(14)19(21)24/h2-6,9-10,20H,7-8H2,1H3. The molecule has 136 valence electrons. The zero-order chi connectivity index (χ0) is 19.1. The van der Waals surface area contributed by atoms with Crippen LogP contribution in [0.1, 0.15) is 26.4 Å². The van der Waals surface area contributed by atoms with Crippen LogP contribution in [0.3, 0.4) is 0 Å². The average Bonchev–Trinajstić information content (AvgIpc) is 3.18. The number of carbonyl (C=O) groups excluding carboxylic acids is 2. The maximum atomic E-state index is 12.6. The van der Waals surface area contributed by atoms with Crippen LogP contribution in [0.4, 0.5) is 5.69 Å². The molecule has 2 heterocycles. The van der Waals surface area contributed by atoms with E-state index in [4.69, 9.17) is 4.74 Å². The molecule has 0 unspecified atom stereocenters. The Morgan fingerprint density at radius 1 is 1.15 bits per heavy atom. The molecule has 2 amide bonds. The van der Waals surface area contributed by atoms with E-state index < -0.39 is 16.7 Å². The zero-order valence-electron chi connectivity index (χ0n) is 14.4. The third-order valence-electron chi connectivity index (χ3n) is 4.66. The lowest BCUT2D eigenvalue weighted by atomic mass is 10.1. The minimum absolute atomic E-state index is 0.0792. The van der Waals surface area contributed by atoms with Crippen LogP contribution in [0.15, 0.2) is 42.5 Å². The monoisotopic (exact) mass is 365 g/mol. The van der Waals surface area contributed by atoms with Crippen LogP contribution in [-0.4, -0.2) is 40.3 Å². The molecule has 0 aliphatic carbocycles. The summed E-state index contributed by atoms with van der Waals surface area (Å²) < 4.78 is 5.20. The number of hydrogen-bond acceptors (Lipinski definition) is 5. The summed E-state index contributed by atoms with van der Waals surface area (Å²) in [5, 5.41) is 12.1. The van der Waals surface area contributed by atoms with E-state index in [1.54, 1.807) is 7.11 Å². The molecule has 0 fully saturated rings. The van der Waals surface area contributed by atoms with Crippen molar-refractivity contribution < 1.29 is 19.2 Å². The van der Waals surface area contributed by atoms with Crippen LogP contribution in [-0.2, 0) is 6.42 Å². The first kappa shape index (κ1) is 16.8. The van der Waals surface area contributed by atoms with Crippen molar-refractivity contribution >= 4 is 28.4 Å². The van der Waals surface area contributed by atoms with Crippen LogP contribution in [0.25, 0.3) is 10.9 Å². The minimum Gasteiger partial charge on any atom is -0.497 e.